The second kappa shape index (κ2) is 6.43. The van der Waals surface area contributed by atoms with Gasteiger partial charge in [-0.1, -0.05) is 31.5 Å². The van der Waals surface area contributed by atoms with E-state index in [0.29, 0.717) is 10.7 Å². The smallest absolute Gasteiger partial charge is 0.312 e. The molecule has 0 aliphatic heterocycles. The molecule has 0 aromatic heterocycles. The lowest BCUT2D eigenvalue weighted by atomic mass is 10.0. The van der Waals surface area contributed by atoms with Gasteiger partial charge in [0.25, 0.3) is 0 Å². The Kier molecular flexibility index (Phi) is 5.18. The first-order valence-electron chi connectivity index (χ1n) is 5.94. The molecule has 0 aliphatic rings. The number of hydrogen-bond donors (Lipinski definition) is 3. The summed E-state index contributed by atoms with van der Waals surface area (Å²) in [6.45, 7) is 5.51. The standard InChI is InChI=1S/C13H18ClN3O2/c1-7(2)11(17-13(15)19)12(18)16-10-6-9(14)5-4-8(10)3/h4-7,11H,1-3H3,(H,16,18)(H3,15,17,19)/t11-/m0/s1. The van der Waals surface area contributed by atoms with Crippen molar-refractivity contribution in [1.29, 1.82) is 0 Å². The maximum absolute atomic E-state index is 12.1. The molecule has 5 nitrogen and oxygen atoms in total. The SMILES string of the molecule is Cc1ccc(Cl)cc1NC(=O)[C@@H](NC(N)=O)C(C)C. The Hall–Kier alpha value is -1.75. The summed E-state index contributed by atoms with van der Waals surface area (Å²) in [4.78, 5) is 23.0. The number of primary amides is 1. The van der Waals surface area contributed by atoms with Gasteiger partial charge < -0.3 is 16.4 Å². The van der Waals surface area contributed by atoms with Crippen LogP contribution in [0.2, 0.25) is 5.02 Å². The molecule has 0 heterocycles. The normalized spacial score (nSPS) is 12.1. The van der Waals surface area contributed by atoms with E-state index in [1.165, 1.54) is 0 Å². The van der Waals surface area contributed by atoms with E-state index in [0.717, 1.165) is 5.56 Å². The van der Waals surface area contributed by atoms with Crippen molar-refractivity contribution in [2.45, 2.75) is 26.8 Å². The summed E-state index contributed by atoms with van der Waals surface area (Å²) in [5, 5.41) is 5.70. The van der Waals surface area contributed by atoms with E-state index in [-0.39, 0.29) is 11.8 Å². The largest absolute Gasteiger partial charge is 0.352 e. The number of nitrogens with one attached hydrogen (secondary N) is 2. The van der Waals surface area contributed by atoms with Crippen LogP contribution in [0.5, 0.6) is 0 Å². The third kappa shape index (κ3) is 4.44. The quantitative estimate of drug-likeness (QED) is 0.792. The first kappa shape index (κ1) is 15.3. The molecular formula is C13H18ClN3O2. The van der Waals surface area contributed by atoms with Crippen LogP contribution in [-0.2, 0) is 4.79 Å². The van der Waals surface area contributed by atoms with Crippen molar-refractivity contribution in [1.82, 2.24) is 5.32 Å². The molecule has 104 valence electrons. The van der Waals surface area contributed by atoms with Crippen LogP contribution in [0.25, 0.3) is 0 Å². The van der Waals surface area contributed by atoms with Gasteiger partial charge in [-0.3, -0.25) is 4.79 Å². The number of halogens is 1. The number of aryl methyl sites for hydroxylation is 1. The van der Waals surface area contributed by atoms with Gasteiger partial charge in [-0.05, 0) is 30.5 Å². The molecule has 0 saturated heterocycles. The van der Waals surface area contributed by atoms with Gasteiger partial charge in [0.15, 0.2) is 0 Å². The predicted molar refractivity (Wildman–Crippen MR) is 76.2 cm³/mol. The van der Waals surface area contributed by atoms with E-state index < -0.39 is 12.1 Å². The summed E-state index contributed by atoms with van der Waals surface area (Å²) in [5.41, 5.74) is 6.57. The van der Waals surface area contributed by atoms with Crippen LogP contribution in [0.3, 0.4) is 0 Å². The highest BCUT2D eigenvalue weighted by Gasteiger charge is 2.23. The molecule has 0 spiro atoms. The lowest BCUT2D eigenvalue weighted by molar-refractivity contribution is -0.118. The topological polar surface area (TPSA) is 84.2 Å². The summed E-state index contributed by atoms with van der Waals surface area (Å²) < 4.78 is 0. The summed E-state index contributed by atoms with van der Waals surface area (Å²) in [7, 11) is 0. The lowest BCUT2D eigenvalue weighted by Crippen LogP contribution is -2.49. The Balaban J connectivity index is 2.87. The highest BCUT2D eigenvalue weighted by molar-refractivity contribution is 6.31. The first-order valence-corrected chi connectivity index (χ1v) is 6.32. The predicted octanol–water partition coefficient (Wildman–Crippen LogP) is 2.28. The number of carbonyl (C=O) groups is 2. The number of carbonyl (C=O) groups excluding carboxylic acids is 2. The fourth-order valence-electron chi connectivity index (χ4n) is 1.63. The summed E-state index contributed by atoms with van der Waals surface area (Å²) in [6, 6.07) is 3.81. The number of nitrogens with two attached hydrogens (primary N) is 1. The third-order valence-corrected chi connectivity index (χ3v) is 2.94. The minimum atomic E-state index is -0.725. The monoisotopic (exact) mass is 283 g/mol. The van der Waals surface area contributed by atoms with Crippen molar-refractivity contribution in [2.75, 3.05) is 5.32 Å². The van der Waals surface area contributed by atoms with Crippen molar-refractivity contribution in [3.63, 3.8) is 0 Å². The van der Waals surface area contributed by atoms with Crippen molar-refractivity contribution >= 4 is 29.2 Å². The van der Waals surface area contributed by atoms with Gasteiger partial charge in [0.2, 0.25) is 5.91 Å². The van der Waals surface area contributed by atoms with Crippen molar-refractivity contribution in [3.05, 3.63) is 28.8 Å². The molecule has 3 amide bonds. The zero-order valence-corrected chi connectivity index (χ0v) is 11.9. The molecule has 6 heteroatoms. The van der Waals surface area contributed by atoms with E-state index in [2.05, 4.69) is 10.6 Å². The van der Waals surface area contributed by atoms with E-state index in [1.807, 2.05) is 26.8 Å². The number of rotatable bonds is 4. The van der Waals surface area contributed by atoms with Crippen molar-refractivity contribution in [3.8, 4) is 0 Å². The molecule has 0 saturated carbocycles. The molecular weight excluding hydrogens is 266 g/mol. The molecule has 1 rings (SSSR count). The van der Waals surface area contributed by atoms with E-state index in [4.69, 9.17) is 17.3 Å². The number of hydrogen-bond acceptors (Lipinski definition) is 2. The fraction of sp³-hybridized carbons (Fsp3) is 0.385. The van der Waals surface area contributed by atoms with Gasteiger partial charge in [-0.15, -0.1) is 0 Å². The number of anilines is 1. The molecule has 0 radical (unpaired) electrons. The summed E-state index contributed by atoms with van der Waals surface area (Å²) in [5.74, 6) is -0.397. The zero-order chi connectivity index (χ0) is 14.6. The van der Waals surface area contributed by atoms with Gasteiger partial charge in [-0.25, -0.2) is 4.79 Å². The van der Waals surface area contributed by atoms with Crippen LogP contribution in [-0.4, -0.2) is 18.0 Å². The number of amides is 3. The van der Waals surface area contributed by atoms with Crippen molar-refractivity contribution in [2.24, 2.45) is 11.7 Å². The van der Waals surface area contributed by atoms with Crippen LogP contribution in [0, 0.1) is 12.8 Å². The van der Waals surface area contributed by atoms with Crippen LogP contribution < -0.4 is 16.4 Å². The van der Waals surface area contributed by atoms with Gasteiger partial charge in [0, 0.05) is 10.7 Å². The van der Waals surface area contributed by atoms with Gasteiger partial charge in [0.1, 0.15) is 6.04 Å². The van der Waals surface area contributed by atoms with Crippen LogP contribution in [0.1, 0.15) is 19.4 Å². The molecule has 1 aromatic rings. The lowest BCUT2D eigenvalue weighted by Gasteiger charge is -2.21. The minimum absolute atomic E-state index is 0.0769. The molecule has 19 heavy (non-hydrogen) atoms. The Labute approximate surface area is 117 Å². The van der Waals surface area contributed by atoms with E-state index in [1.54, 1.807) is 12.1 Å². The fourth-order valence-corrected chi connectivity index (χ4v) is 1.80. The molecule has 1 aromatic carbocycles. The highest BCUT2D eigenvalue weighted by atomic mass is 35.5. The maximum atomic E-state index is 12.1. The minimum Gasteiger partial charge on any atom is -0.352 e. The molecule has 0 aliphatic carbocycles. The zero-order valence-electron chi connectivity index (χ0n) is 11.2. The first-order chi connectivity index (χ1) is 8.81. The highest BCUT2D eigenvalue weighted by Crippen LogP contribution is 2.20. The summed E-state index contributed by atoms with van der Waals surface area (Å²) >= 11 is 5.89. The molecule has 0 bridgehead atoms. The third-order valence-electron chi connectivity index (χ3n) is 2.70. The molecule has 0 fully saturated rings. The van der Waals surface area contributed by atoms with Gasteiger partial charge in [0.05, 0.1) is 0 Å². The molecule has 4 N–H and O–H groups in total. The second-order valence-electron chi connectivity index (χ2n) is 4.68. The second-order valence-corrected chi connectivity index (χ2v) is 5.12. The Bertz CT molecular complexity index is 489. The average molecular weight is 284 g/mol. The number of urea groups is 1. The van der Waals surface area contributed by atoms with Crippen LogP contribution >= 0.6 is 11.6 Å². The summed E-state index contributed by atoms with van der Waals surface area (Å²) in [6.07, 6.45) is 0. The van der Waals surface area contributed by atoms with E-state index in [9.17, 15) is 9.59 Å². The van der Waals surface area contributed by atoms with Crippen LogP contribution in [0.15, 0.2) is 18.2 Å². The van der Waals surface area contributed by atoms with Gasteiger partial charge >= 0.3 is 6.03 Å². The maximum Gasteiger partial charge on any atom is 0.312 e. The molecule has 0 unspecified atom stereocenters. The van der Waals surface area contributed by atoms with E-state index >= 15 is 0 Å². The Morgan fingerprint density at radius 1 is 1.32 bits per heavy atom. The average Bonchev–Trinajstić information content (AvgIpc) is 2.30. The van der Waals surface area contributed by atoms with Crippen LogP contribution in [0.4, 0.5) is 10.5 Å². The molecule has 1 atom stereocenters. The number of benzene rings is 1. The Morgan fingerprint density at radius 2 is 1.95 bits per heavy atom. The Morgan fingerprint density at radius 3 is 2.47 bits per heavy atom. The van der Waals surface area contributed by atoms with Crippen molar-refractivity contribution < 1.29 is 9.59 Å². The van der Waals surface area contributed by atoms with Gasteiger partial charge in [-0.2, -0.15) is 0 Å².